The van der Waals surface area contributed by atoms with E-state index in [0.29, 0.717) is 24.5 Å². The minimum Gasteiger partial charge on any atom is -0.329 e. The van der Waals surface area contributed by atoms with Gasteiger partial charge in [0, 0.05) is 30.4 Å². The van der Waals surface area contributed by atoms with Crippen molar-refractivity contribution in [3.63, 3.8) is 0 Å². The van der Waals surface area contributed by atoms with Crippen LogP contribution >= 0.6 is 0 Å². The van der Waals surface area contributed by atoms with E-state index in [4.69, 9.17) is 0 Å². The van der Waals surface area contributed by atoms with Gasteiger partial charge < -0.3 is 20.4 Å². The molecule has 29 heavy (non-hydrogen) atoms. The second-order valence-corrected chi connectivity index (χ2v) is 7.01. The second-order valence-electron chi connectivity index (χ2n) is 7.01. The van der Waals surface area contributed by atoms with Gasteiger partial charge in [-0.15, -0.1) is 0 Å². The lowest BCUT2D eigenvalue weighted by molar-refractivity contribution is -0.885. The minimum atomic E-state index is -0.256. The molecule has 1 atom stereocenters. The van der Waals surface area contributed by atoms with E-state index in [-0.39, 0.29) is 24.3 Å². The van der Waals surface area contributed by atoms with Gasteiger partial charge in [0.05, 0.1) is 7.05 Å². The molecular weight excluding hydrogens is 368 g/mol. The topological polar surface area (TPSA) is 83.0 Å². The van der Waals surface area contributed by atoms with E-state index in [0.717, 1.165) is 11.4 Å². The maximum Gasteiger partial charge on any atom is 0.278 e. The van der Waals surface area contributed by atoms with E-state index in [1.807, 2.05) is 44.3 Å². The molecule has 3 N–H and O–H groups in total. The number of carbonyl (C=O) groups excluding carboxylic acids is 3. The summed E-state index contributed by atoms with van der Waals surface area (Å²) in [6, 6.07) is 16.8. The number of anilines is 2. The first-order chi connectivity index (χ1) is 13.9. The average Bonchev–Trinajstić information content (AvgIpc) is 2.67. The number of benzene rings is 2. The van der Waals surface area contributed by atoms with Crippen molar-refractivity contribution >= 4 is 29.1 Å². The van der Waals surface area contributed by atoms with Gasteiger partial charge in [-0.25, -0.2) is 0 Å². The standard InChI is InChI=1S/C22H28N4O3/c1-4-26(22(29)16-25(3)14-18-8-6-5-7-9-18)15-21(28)24-20-12-10-19(11-13-20)23-17(2)27/h5-13H,4,14-16H2,1-3H3,(H,23,27)(H,24,28)/p+1. The number of nitrogens with one attached hydrogen (secondary N) is 3. The van der Waals surface area contributed by atoms with Gasteiger partial charge in [0.25, 0.3) is 5.91 Å². The number of carbonyl (C=O) groups is 3. The van der Waals surface area contributed by atoms with E-state index in [2.05, 4.69) is 10.6 Å². The fourth-order valence-electron chi connectivity index (χ4n) is 2.97. The molecule has 7 nitrogen and oxygen atoms in total. The largest absolute Gasteiger partial charge is 0.329 e. The minimum absolute atomic E-state index is 0.00139. The van der Waals surface area contributed by atoms with E-state index in [1.165, 1.54) is 12.5 Å². The zero-order chi connectivity index (χ0) is 21.2. The Bertz CT molecular complexity index is 822. The molecule has 0 fully saturated rings. The molecule has 2 rings (SSSR count). The molecule has 2 aromatic rings. The van der Waals surface area contributed by atoms with Gasteiger partial charge in [-0.2, -0.15) is 0 Å². The maximum atomic E-state index is 12.6. The number of likely N-dealkylation sites (N-methyl/N-ethyl adjacent to an activating group) is 2. The molecule has 0 saturated heterocycles. The van der Waals surface area contributed by atoms with Crippen molar-refractivity contribution < 1.29 is 19.3 Å². The van der Waals surface area contributed by atoms with E-state index < -0.39 is 0 Å². The van der Waals surface area contributed by atoms with Crippen LogP contribution in [0.3, 0.4) is 0 Å². The molecule has 0 saturated carbocycles. The van der Waals surface area contributed by atoms with Crippen LogP contribution < -0.4 is 15.5 Å². The Kier molecular flexibility index (Phi) is 8.36. The predicted molar refractivity (Wildman–Crippen MR) is 114 cm³/mol. The Labute approximate surface area is 171 Å². The molecule has 0 bridgehead atoms. The molecule has 2 aromatic carbocycles. The number of hydrogen-bond acceptors (Lipinski definition) is 3. The lowest BCUT2D eigenvalue weighted by Crippen LogP contribution is -3.08. The summed E-state index contributed by atoms with van der Waals surface area (Å²) < 4.78 is 0. The molecule has 154 valence electrons. The van der Waals surface area contributed by atoms with E-state index in [1.54, 1.807) is 29.2 Å². The third-order valence-electron chi connectivity index (χ3n) is 4.36. The van der Waals surface area contributed by atoms with Crippen molar-refractivity contribution in [1.82, 2.24) is 4.90 Å². The van der Waals surface area contributed by atoms with Gasteiger partial charge in [0.2, 0.25) is 11.8 Å². The number of quaternary nitrogens is 1. The number of amides is 3. The third-order valence-corrected chi connectivity index (χ3v) is 4.36. The fourth-order valence-corrected chi connectivity index (χ4v) is 2.97. The van der Waals surface area contributed by atoms with Crippen LogP contribution in [0, 0.1) is 0 Å². The average molecular weight is 397 g/mol. The summed E-state index contributed by atoms with van der Waals surface area (Å²) >= 11 is 0. The van der Waals surface area contributed by atoms with E-state index in [9.17, 15) is 14.4 Å². The molecule has 0 aliphatic carbocycles. The second kappa shape index (κ2) is 11.0. The van der Waals surface area contributed by atoms with Gasteiger partial charge in [0.15, 0.2) is 6.54 Å². The Morgan fingerprint density at radius 1 is 0.931 bits per heavy atom. The molecule has 7 heteroatoms. The van der Waals surface area contributed by atoms with Crippen molar-refractivity contribution in [2.45, 2.75) is 20.4 Å². The fraction of sp³-hybridized carbons (Fsp3) is 0.318. The van der Waals surface area contributed by atoms with Crippen molar-refractivity contribution in [2.24, 2.45) is 0 Å². The molecule has 0 spiro atoms. The Hall–Kier alpha value is -3.19. The Morgan fingerprint density at radius 3 is 2.07 bits per heavy atom. The maximum absolute atomic E-state index is 12.6. The summed E-state index contributed by atoms with van der Waals surface area (Å²) in [6.07, 6.45) is 0. The molecular formula is C22H29N4O3+. The quantitative estimate of drug-likeness (QED) is 0.594. The first kappa shape index (κ1) is 22.1. The van der Waals surface area contributed by atoms with Gasteiger partial charge >= 0.3 is 0 Å². The third kappa shape index (κ3) is 7.75. The van der Waals surface area contributed by atoms with E-state index >= 15 is 0 Å². The summed E-state index contributed by atoms with van der Waals surface area (Å²) in [7, 11) is 1.97. The molecule has 0 aromatic heterocycles. The lowest BCUT2D eigenvalue weighted by atomic mass is 10.2. The zero-order valence-corrected chi connectivity index (χ0v) is 17.2. The van der Waals surface area contributed by atoms with Crippen molar-refractivity contribution in [1.29, 1.82) is 0 Å². The number of nitrogens with zero attached hydrogens (tertiary/aromatic N) is 1. The van der Waals surface area contributed by atoms with Gasteiger partial charge in [-0.3, -0.25) is 14.4 Å². The Balaban J connectivity index is 1.84. The van der Waals surface area contributed by atoms with Crippen LogP contribution in [0.4, 0.5) is 11.4 Å². The monoisotopic (exact) mass is 397 g/mol. The highest BCUT2D eigenvalue weighted by atomic mass is 16.2. The first-order valence-electron chi connectivity index (χ1n) is 9.68. The number of hydrogen-bond donors (Lipinski definition) is 3. The van der Waals surface area contributed by atoms with Crippen LogP contribution in [0.2, 0.25) is 0 Å². The van der Waals surface area contributed by atoms with Crippen molar-refractivity contribution in [3.05, 3.63) is 60.2 Å². The number of rotatable bonds is 9. The Morgan fingerprint density at radius 2 is 1.52 bits per heavy atom. The molecule has 0 aliphatic rings. The van der Waals surface area contributed by atoms with Crippen LogP contribution in [0.1, 0.15) is 19.4 Å². The molecule has 0 heterocycles. The predicted octanol–water partition coefficient (Wildman–Crippen LogP) is 1.15. The summed E-state index contributed by atoms with van der Waals surface area (Å²) in [5, 5.41) is 5.45. The summed E-state index contributed by atoms with van der Waals surface area (Å²) in [5.74, 6) is -0.469. The molecule has 0 aliphatic heterocycles. The normalized spacial score (nSPS) is 11.4. The first-order valence-corrected chi connectivity index (χ1v) is 9.68. The van der Waals surface area contributed by atoms with Crippen molar-refractivity contribution in [2.75, 3.05) is 37.3 Å². The summed E-state index contributed by atoms with van der Waals surface area (Å²) in [6.45, 7) is 4.83. The van der Waals surface area contributed by atoms with Crippen molar-refractivity contribution in [3.8, 4) is 0 Å². The van der Waals surface area contributed by atoms with Gasteiger partial charge in [0.1, 0.15) is 13.1 Å². The van der Waals surface area contributed by atoms with Crippen LogP contribution in [-0.2, 0) is 20.9 Å². The molecule has 1 unspecified atom stereocenters. The highest BCUT2D eigenvalue weighted by Crippen LogP contribution is 2.13. The van der Waals surface area contributed by atoms with Crippen LogP contribution in [-0.4, -0.2) is 49.3 Å². The smallest absolute Gasteiger partial charge is 0.278 e. The van der Waals surface area contributed by atoms with Gasteiger partial charge in [-0.05, 0) is 31.2 Å². The lowest BCUT2D eigenvalue weighted by Gasteiger charge is -2.22. The highest BCUT2D eigenvalue weighted by Gasteiger charge is 2.19. The summed E-state index contributed by atoms with van der Waals surface area (Å²) in [4.78, 5) is 38.6. The van der Waals surface area contributed by atoms with Gasteiger partial charge in [-0.1, -0.05) is 30.3 Å². The van der Waals surface area contributed by atoms with Crippen LogP contribution in [0.5, 0.6) is 0 Å². The van der Waals surface area contributed by atoms with Crippen LogP contribution in [0.25, 0.3) is 0 Å². The van der Waals surface area contributed by atoms with Crippen LogP contribution in [0.15, 0.2) is 54.6 Å². The zero-order valence-electron chi connectivity index (χ0n) is 17.2. The molecule has 0 radical (unpaired) electrons. The highest BCUT2D eigenvalue weighted by molar-refractivity contribution is 5.95. The SMILES string of the molecule is CCN(CC(=O)Nc1ccc(NC(C)=O)cc1)C(=O)C[NH+](C)Cc1ccccc1. The summed E-state index contributed by atoms with van der Waals surface area (Å²) in [5.41, 5.74) is 2.44. The molecule has 3 amide bonds.